The number of hydrogen-bond acceptors (Lipinski definition) is 2. The predicted molar refractivity (Wildman–Crippen MR) is 99.2 cm³/mol. The summed E-state index contributed by atoms with van der Waals surface area (Å²) in [5.74, 6) is -0.978. The van der Waals surface area contributed by atoms with Gasteiger partial charge in [0, 0.05) is 28.7 Å². The second-order valence-electron chi connectivity index (χ2n) is 6.15. The van der Waals surface area contributed by atoms with E-state index in [-0.39, 0.29) is 5.56 Å². The fourth-order valence-electron chi connectivity index (χ4n) is 2.90. The van der Waals surface area contributed by atoms with Crippen LogP contribution in [0.15, 0.2) is 54.7 Å². The maximum atomic E-state index is 11.0. The van der Waals surface area contributed by atoms with Crippen molar-refractivity contribution in [3.8, 4) is 6.07 Å². The fraction of sp³-hybridized carbons (Fsp3) is 0.143. The van der Waals surface area contributed by atoms with Crippen LogP contribution in [0, 0.1) is 11.3 Å². The molecular formula is C21H18N2O2. The van der Waals surface area contributed by atoms with Crippen LogP contribution in [0.4, 0.5) is 0 Å². The molecule has 124 valence electrons. The molecule has 0 fully saturated rings. The van der Waals surface area contributed by atoms with Crippen molar-refractivity contribution in [3.63, 3.8) is 0 Å². The Morgan fingerprint density at radius 3 is 2.36 bits per heavy atom. The molecule has 1 heterocycles. The van der Waals surface area contributed by atoms with Gasteiger partial charge in [0.2, 0.25) is 0 Å². The highest BCUT2D eigenvalue weighted by atomic mass is 16.4. The number of nitriles is 1. The van der Waals surface area contributed by atoms with E-state index in [0.717, 1.165) is 16.5 Å². The number of allylic oxidation sites excluding steroid dienone is 1. The first kappa shape index (κ1) is 16.5. The van der Waals surface area contributed by atoms with Gasteiger partial charge in [-0.3, -0.25) is 0 Å². The lowest BCUT2D eigenvalue weighted by Crippen LogP contribution is -1.97. The largest absolute Gasteiger partial charge is 0.478 e. The molecule has 0 spiro atoms. The lowest BCUT2D eigenvalue weighted by Gasteiger charge is -2.08. The van der Waals surface area contributed by atoms with Crippen molar-refractivity contribution in [1.82, 2.24) is 4.57 Å². The first-order chi connectivity index (χ1) is 12.0. The molecule has 0 atom stereocenters. The number of aromatic nitrogens is 1. The van der Waals surface area contributed by atoms with Crippen molar-refractivity contribution in [2.24, 2.45) is 0 Å². The zero-order valence-corrected chi connectivity index (χ0v) is 14.1. The number of hydrogen-bond donors (Lipinski definition) is 1. The molecular weight excluding hydrogens is 312 g/mol. The van der Waals surface area contributed by atoms with Gasteiger partial charge in [-0.1, -0.05) is 30.3 Å². The van der Waals surface area contributed by atoms with Gasteiger partial charge in [0.25, 0.3) is 0 Å². The lowest BCUT2D eigenvalue weighted by molar-refractivity contribution is 0.0697. The number of para-hydroxylation sites is 1. The molecule has 1 aromatic heterocycles. The fourth-order valence-corrected chi connectivity index (χ4v) is 2.90. The van der Waals surface area contributed by atoms with Crippen LogP contribution in [-0.2, 0) is 0 Å². The third kappa shape index (κ3) is 3.17. The molecule has 0 aliphatic heterocycles. The molecule has 4 nitrogen and oxygen atoms in total. The third-order valence-corrected chi connectivity index (χ3v) is 4.19. The van der Waals surface area contributed by atoms with Crippen molar-refractivity contribution in [2.45, 2.75) is 19.9 Å². The summed E-state index contributed by atoms with van der Waals surface area (Å²) in [6, 6.07) is 17.0. The zero-order valence-electron chi connectivity index (χ0n) is 14.1. The van der Waals surface area contributed by atoms with Crippen LogP contribution < -0.4 is 0 Å². The molecule has 0 aliphatic rings. The summed E-state index contributed by atoms with van der Waals surface area (Å²) >= 11 is 0. The molecule has 0 saturated heterocycles. The maximum absolute atomic E-state index is 11.0. The van der Waals surface area contributed by atoms with E-state index in [9.17, 15) is 10.1 Å². The quantitative estimate of drug-likeness (QED) is 0.686. The molecule has 0 aliphatic carbocycles. The van der Waals surface area contributed by atoms with Gasteiger partial charge < -0.3 is 9.67 Å². The van der Waals surface area contributed by atoms with Crippen LogP contribution in [0.2, 0.25) is 0 Å². The van der Waals surface area contributed by atoms with Crippen molar-refractivity contribution in [1.29, 1.82) is 5.26 Å². The molecule has 25 heavy (non-hydrogen) atoms. The third-order valence-electron chi connectivity index (χ3n) is 4.19. The highest BCUT2D eigenvalue weighted by Gasteiger charge is 2.11. The SMILES string of the molecule is CC(C)n1cc(/C=C(/C#N)c2ccc(C(=O)O)cc2)c2ccccc21. The summed E-state index contributed by atoms with van der Waals surface area (Å²) in [4.78, 5) is 11.0. The average molecular weight is 330 g/mol. The summed E-state index contributed by atoms with van der Waals surface area (Å²) in [6.45, 7) is 4.24. The Morgan fingerprint density at radius 2 is 1.76 bits per heavy atom. The van der Waals surface area contributed by atoms with Crippen LogP contribution in [0.3, 0.4) is 0 Å². The van der Waals surface area contributed by atoms with E-state index in [1.165, 1.54) is 12.1 Å². The number of benzene rings is 2. The lowest BCUT2D eigenvalue weighted by atomic mass is 10.0. The molecule has 0 radical (unpaired) electrons. The molecule has 0 amide bonds. The number of nitrogens with zero attached hydrogens (tertiary/aromatic N) is 2. The molecule has 1 N–H and O–H groups in total. The van der Waals surface area contributed by atoms with E-state index in [0.29, 0.717) is 17.2 Å². The molecule has 0 saturated carbocycles. The standard InChI is InChI=1S/C21H18N2O2/c1-14(2)23-13-18(19-5-3-4-6-20(19)23)11-17(12-22)15-7-9-16(10-8-15)21(24)25/h3-11,13-14H,1-2H3,(H,24,25)/b17-11-. The number of rotatable bonds is 4. The van der Waals surface area contributed by atoms with Gasteiger partial charge in [0.15, 0.2) is 0 Å². The Hall–Kier alpha value is -3.32. The smallest absolute Gasteiger partial charge is 0.335 e. The van der Waals surface area contributed by atoms with Crippen molar-refractivity contribution >= 4 is 28.5 Å². The van der Waals surface area contributed by atoms with Gasteiger partial charge in [-0.05, 0) is 43.7 Å². The maximum Gasteiger partial charge on any atom is 0.335 e. The highest BCUT2D eigenvalue weighted by Crippen LogP contribution is 2.28. The summed E-state index contributed by atoms with van der Waals surface area (Å²) < 4.78 is 2.18. The minimum Gasteiger partial charge on any atom is -0.478 e. The van der Waals surface area contributed by atoms with Gasteiger partial charge in [-0.25, -0.2) is 4.79 Å². The molecule has 3 rings (SSSR count). The summed E-state index contributed by atoms with van der Waals surface area (Å²) in [7, 11) is 0. The van der Waals surface area contributed by atoms with E-state index >= 15 is 0 Å². The topological polar surface area (TPSA) is 66.0 Å². The molecule has 2 aromatic carbocycles. The summed E-state index contributed by atoms with van der Waals surface area (Å²) in [5.41, 5.74) is 3.51. The number of carboxylic acids is 1. The van der Waals surface area contributed by atoms with Crippen molar-refractivity contribution in [3.05, 3.63) is 71.4 Å². The Bertz CT molecular complexity index is 1000. The number of carbonyl (C=O) groups is 1. The van der Waals surface area contributed by atoms with Crippen LogP contribution in [0.25, 0.3) is 22.6 Å². The van der Waals surface area contributed by atoms with Crippen molar-refractivity contribution < 1.29 is 9.90 Å². The normalized spacial score (nSPS) is 11.7. The first-order valence-corrected chi connectivity index (χ1v) is 8.06. The van der Waals surface area contributed by atoms with Crippen LogP contribution in [0.5, 0.6) is 0 Å². The van der Waals surface area contributed by atoms with E-state index < -0.39 is 5.97 Å². The summed E-state index contributed by atoms with van der Waals surface area (Å²) in [5, 5.41) is 19.7. The van der Waals surface area contributed by atoms with Crippen LogP contribution >= 0.6 is 0 Å². The van der Waals surface area contributed by atoms with Gasteiger partial charge in [-0.15, -0.1) is 0 Å². The second kappa shape index (κ2) is 6.66. The van der Waals surface area contributed by atoms with Gasteiger partial charge in [0.1, 0.15) is 0 Å². The van der Waals surface area contributed by atoms with Gasteiger partial charge in [0.05, 0.1) is 17.2 Å². The first-order valence-electron chi connectivity index (χ1n) is 8.06. The number of fused-ring (bicyclic) bond motifs is 1. The summed E-state index contributed by atoms with van der Waals surface area (Å²) in [6.07, 6.45) is 3.91. The number of carboxylic acid groups (broad SMARTS) is 1. The predicted octanol–water partition coefficient (Wildman–Crippen LogP) is 4.98. The van der Waals surface area contributed by atoms with E-state index in [4.69, 9.17) is 5.11 Å². The average Bonchev–Trinajstić information content (AvgIpc) is 2.99. The van der Waals surface area contributed by atoms with Gasteiger partial charge in [-0.2, -0.15) is 5.26 Å². The van der Waals surface area contributed by atoms with Gasteiger partial charge >= 0.3 is 5.97 Å². The monoisotopic (exact) mass is 330 g/mol. The van der Waals surface area contributed by atoms with E-state index in [2.05, 4.69) is 36.7 Å². The van der Waals surface area contributed by atoms with Crippen LogP contribution in [-0.4, -0.2) is 15.6 Å². The Morgan fingerprint density at radius 1 is 1.12 bits per heavy atom. The minimum absolute atomic E-state index is 0.206. The highest BCUT2D eigenvalue weighted by molar-refractivity contribution is 5.98. The van der Waals surface area contributed by atoms with Crippen LogP contribution in [0.1, 0.15) is 41.4 Å². The Kier molecular flexibility index (Phi) is 4.40. The van der Waals surface area contributed by atoms with E-state index in [1.54, 1.807) is 12.1 Å². The molecule has 0 unspecified atom stereocenters. The molecule has 3 aromatic rings. The minimum atomic E-state index is -0.978. The second-order valence-corrected chi connectivity index (χ2v) is 6.15. The molecule has 0 bridgehead atoms. The van der Waals surface area contributed by atoms with E-state index in [1.807, 2.05) is 24.3 Å². The Balaban J connectivity index is 2.10. The Labute approximate surface area is 146 Å². The zero-order chi connectivity index (χ0) is 18.0. The molecule has 4 heteroatoms. The van der Waals surface area contributed by atoms with Crippen molar-refractivity contribution in [2.75, 3.05) is 0 Å². The number of aromatic carboxylic acids is 1.